The van der Waals surface area contributed by atoms with Gasteiger partial charge in [0.25, 0.3) is 0 Å². The van der Waals surface area contributed by atoms with Gasteiger partial charge in [-0.25, -0.2) is 0 Å². The number of benzene rings is 2. The second kappa shape index (κ2) is 6.02. The minimum absolute atomic E-state index is 0.0549. The minimum atomic E-state index is -0.318. The first-order chi connectivity index (χ1) is 10.1. The predicted octanol–water partition coefficient (Wildman–Crippen LogP) is 4.53. The summed E-state index contributed by atoms with van der Waals surface area (Å²) in [6.45, 7) is 1.45. The molecule has 21 heavy (non-hydrogen) atoms. The molecule has 3 heteroatoms. The van der Waals surface area contributed by atoms with Gasteiger partial charge in [-0.3, -0.25) is 4.79 Å². The van der Waals surface area contributed by atoms with Crippen LogP contribution in [0.2, 0.25) is 0 Å². The molecule has 2 aromatic carbocycles. The Morgan fingerprint density at radius 2 is 1.43 bits per heavy atom. The van der Waals surface area contributed by atoms with E-state index in [1.54, 1.807) is 0 Å². The molecule has 4 aliphatic rings. The first-order valence-corrected chi connectivity index (χ1v) is 8.04. The first kappa shape index (κ1) is 14.3. The number of hydrogen-bond acceptors (Lipinski definition) is 2. The lowest BCUT2D eigenvalue weighted by Gasteiger charge is -2.24. The number of hydrogen-bond donors (Lipinski definition) is 0. The first-order valence-electron chi connectivity index (χ1n) is 7.12. The van der Waals surface area contributed by atoms with Crippen LogP contribution in [-0.4, -0.2) is 5.97 Å². The average molecular weight is 345 g/mol. The van der Waals surface area contributed by atoms with E-state index in [2.05, 4.69) is 64.5 Å². The van der Waals surface area contributed by atoms with Crippen LogP contribution < -0.4 is 0 Å². The van der Waals surface area contributed by atoms with E-state index in [-0.39, 0.29) is 16.9 Å². The Morgan fingerprint density at radius 1 is 0.952 bits per heavy atom. The molecule has 0 N–H and O–H groups in total. The molecule has 4 bridgehead atoms. The Kier molecular flexibility index (Phi) is 4.11. The maximum absolute atomic E-state index is 11.5. The van der Waals surface area contributed by atoms with E-state index in [9.17, 15) is 4.79 Å². The van der Waals surface area contributed by atoms with Gasteiger partial charge < -0.3 is 4.74 Å². The number of alkyl halides is 1. The van der Waals surface area contributed by atoms with Crippen LogP contribution in [0.1, 0.15) is 40.1 Å². The molecule has 2 atom stereocenters. The van der Waals surface area contributed by atoms with Crippen molar-refractivity contribution in [1.82, 2.24) is 0 Å². The van der Waals surface area contributed by atoms with Crippen LogP contribution in [0.25, 0.3) is 0 Å². The summed E-state index contributed by atoms with van der Waals surface area (Å²) in [5, 5.41) is 0. The average Bonchev–Trinajstić information content (AvgIpc) is 2.50. The van der Waals surface area contributed by atoms with E-state index in [0.717, 1.165) is 24.0 Å². The highest BCUT2D eigenvalue weighted by atomic mass is 79.9. The van der Waals surface area contributed by atoms with Gasteiger partial charge in [-0.15, -0.1) is 0 Å². The molecule has 0 unspecified atom stereocenters. The third-order valence-electron chi connectivity index (χ3n) is 3.87. The zero-order valence-corrected chi connectivity index (χ0v) is 13.5. The molecular weight excluding hydrogens is 328 g/mol. The molecule has 0 aliphatic heterocycles. The van der Waals surface area contributed by atoms with E-state index in [4.69, 9.17) is 4.74 Å². The Bertz CT molecular complexity index is 631. The number of aryl methyl sites for hydroxylation is 2. The van der Waals surface area contributed by atoms with Gasteiger partial charge in [0.1, 0.15) is 6.10 Å². The van der Waals surface area contributed by atoms with Gasteiger partial charge in [0.05, 0.1) is 4.83 Å². The number of carbonyl (C=O) groups is 1. The van der Waals surface area contributed by atoms with Crippen LogP contribution in [0.15, 0.2) is 48.5 Å². The molecule has 108 valence electrons. The van der Waals surface area contributed by atoms with E-state index in [1.807, 2.05) is 0 Å². The summed E-state index contributed by atoms with van der Waals surface area (Å²) in [6, 6.07) is 16.9. The summed E-state index contributed by atoms with van der Waals surface area (Å²) < 4.78 is 5.55. The molecular formula is C18H17BrO2. The fraction of sp³-hybridized carbons (Fsp3) is 0.278. The molecule has 6 rings (SSSR count). The van der Waals surface area contributed by atoms with Gasteiger partial charge in [-0.1, -0.05) is 64.5 Å². The molecule has 0 radical (unpaired) electrons. The minimum Gasteiger partial charge on any atom is -0.456 e. The fourth-order valence-electron chi connectivity index (χ4n) is 2.68. The van der Waals surface area contributed by atoms with Crippen molar-refractivity contribution in [2.75, 3.05) is 0 Å². The van der Waals surface area contributed by atoms with E-state index in [0.29, 0.717) is 0 Å². The van der Waals surface area contributed by atoms with Crippen molar-refractivity contribution in [1.29, 1.82) is 0 Å². The summed E-state index contributed by atoms with van der Waals surface area (Å²) in [5.41, 5.74) is 4.76. The maximum Gasteiger partial charge on any atom is 0.303 e. The predicted molar refractivity (Wildman–Crippen MR) is 86.5 cm³/mol. The van der Waals surface area contributed by atoms with Crippen molar-refractivity contribution in [3.8, 4) is 0 Å². The van der Waals surface area contributed by atoms with Crippen molar-refractivity contribution in [3.63, 3.8) is 0 Å². The van der Waals surface area contributed by atoms with E-state index in [1.165, 1.54) is 18.1 Å². The van der Waals surface area contributed by atoms with Crippen LogP contribution >= 0.6 is 15.9 Å². The smallest absolute Gasteiger partial charge is 0.303 e. The van der Waals surface area contributed by atoms with Crippen molar-refractivity contribution in [2.24, 2.45) is 0 Å². The second-order valence-electron chi connectivity index (χ2n) is 5.41. The van der Waals surface area contributed by atoms with Crippen LogP contribution in [0, 0.1) is 0 Å². The number of esters is 1. The molecule has 0 aromatic heterocycles. The Hall–Kier alpha value is -1.61. The third-order valence-corrected chi connectivity index (χ3v) is 4.88. The van der Waals surface area contributed by atoms with Gasteiger partial charge in [0.2, 0.25) is 0 Å². The fourth-order valence-corrected chi connectivity index (χ4v) is 3.40. The molecule has 0 spiro atoms. The van der Waals surface area contributed by atoms with E-state index < -0.39 is 0 Å². The largest absolute Gasteiger partial charge is 0.456 e. The van der Waals surface area contributed by atoms with Gasteiger partial charge >= 0.3 is 5.97 Å². The topological polar surface area (TPSA) is 26.3 Å². The summed E-state index contributed by atoms with van der Waals surface area (Å²) in [4.78, 5) is 11.4. The Balaban J connectivity index is 2.06. The normalized spacial score (nSPS) is 20.7. The summed E-state index contributed by atoms with van der Waals surface area (Å²) >= 11 is 3.70. The van der Waals surface area contributed by atoms with Gasteiger partial charge in [0.15, 0.2) is 0 Å². The Labute approximate surface area is 133 Å². The SMILES string of the molecule is CC(=O)O[C@H]1c2ccc(cc2)CCc2ccc(cc2)[C@H]1Br. The molecule has 0 fully saturated rings. The lowest BCUT2D eigenvalue weighted by atomic mass is 9.95. The summed E-state index contributed by atoms with van der Waals surface area (Å²) in [7, 11) is 0. The second-order valence-corrected chi connectivity index (χ2v) is 6.40. The number of rotatable bonds is 1. The summed E-state index contributed by atoms with van der Waals surface area (Å²) in [5.74, 6) is -0.266. The van der Waals surface area contributed by atoms with E-state index >= 15 is 0 Å². The lowest BCUT2D eigenvalue weighted by molar-refractivity contribution is -0.146. The van der Waals surface area contributed by atoms with Gasteiger partial charge in [0, 0.05) is 6.92 Å². The maximum atomic E-state index is 11.5. The van der Waals surface area contributed by atoms with Crippen LogP contribution in [-0.2, 0) is 22.4 Å². The Morgan fingerprint density at radius 3 is 1.90 bits per heavy atom. The monoisotopic (exact) mass is 344 g/mol. The highest BCUT2D eigenvalue weighted by molar-refractivity contribution is 9.09. The van der Waals surface area contributed by atoms with Crippen molar-refractivity contribution >= 4 is 21.9 Å². The van der Waals surface area contributed by atoms with Crippen molar-refractivity contribution < 1.29 is 9.53 Å². The lowest BCUT2D eigenvalue weighted by Crippen LogP contribution is -2.14. The molecule has 0 heterocycles. The zero-order chi connectivity index (χ0) is 14.8. The van der Waals surface area contributed by atoms with Crippen LogP contribution in [0.3, 0.4) is 0 Å². The van der Waals surface area contributed by atoms with Crippen LogP contribution in [0.4, 0.5) is 0 Å². The molecule has 2 aromatic rings. The highest BCUT2D eigenvalue weighted by Crippen LogP contribution is 2.39. The summed E-state index contributed by atoms with van der Waals surface area (Å²) in [6.07, 6.45) is 1.75. The molecule has 4 aliphatic carbocycles. The molecule has 0 amide bonds. The molecule has 0 saturated heterocycles. The zero-order valence-electron chi connectivity index (χ0n) is 11.9. The quantitative estimate of drug-likeness (QED) is 0.561. The third kappa shape index (κ3) is 3.18. The standard InChI is InChI=1S/C18H17BrO2/c1-12(20)21-18-16-10-6-14(7-11-16)3-2-13-4-8-15(9-5-13)17(18)19/h4-11,17-18H,2-3H2,1H3/t17-,18+/m1/s1. The number of halogens is 1. The van der Waals surface area contributed by atoms with Gasteiger partial charge in [-0.2, -0.15) is 0 Å². The number of ether oxygens (including phenoxy) is 1. The van der Waals surface area contributed by atoms with Crippen LogP contribution in [0.5, 0.6) is 0 Å². The highest BCUT2D eigenvalue weighted by Gasteiger charge is 2.25. The molecule has 2 nitrogen and oxygen atoms in total. The number of carbonyl (C=O) groups excluding carboxylic acids is 1. The van der Waals surface area contributed by atoms with Gasteiger partial charge in [-0.05, 0) is 35.1 Å². The molecule has 0 saturated carbocycles. The van der Waals surface area contributed by atoms with Crippen molar-refractivity contribution in [3.05, 3.63) is 70.8 Å². The van der Waals surface area contributed by atoms with Crippen molar-refractivity contribution in [2.45, 2.75) is 30.7 Å².